The van der Waals surface area contributed by atoms with E-state index in [-0.39, 0.29) is 0 Å². The van der Waals surface area contributed by atoms with Crippen molar-refractivity contribution in [1.82, 2.24) is 0 Å². The van der Waals surface area contributed by atoms with Crippen molar-refractivity contribution in [2.75, 3.05) is 0 Å². The molecule has 4 aromatic heterocycles. The third kappa shape index (κ3) is 1.01. The highest BCUT2D eigenvalue weighted by Gasteiger charge is 2.21. The van der Waals surface area contributed by atoms with Crippen molar-refractivity contribution >= 4 is 54.6 Å². The van der Waals surface area contributed by atoms with E-state index in [2.05, 4.69) is 0 Å². The van der Waals surface area contributed by atoms with Gasteiger partial charge in [0.15, 0.2) is 0 Å². The molecule has 0 bridgehead atoms. The van der Waals surface area contributed by atoms with Crippen molar-refractivity contribution in [3.05, 3.63) is 49.3 Å². The molecule has 0 unspecified atom stereocenters. The molecule has 0 amide bonds. The van der Waals surface area contributed by atoms with Gasteiger partial charge in [0.2, 0.25) is 0 Å². The molecule has 0 spiro atoms. The Hall–Kier alpha value is -3.14. The van der Waals surface area contributed by atoms with Gasteiger partial charge in [0.25, 0.3) is 0 Å². The summed E-state index contributed by atoms with van der Waals surface area (Å²) >= 11 is 0. The van der Waals surface area contributed by atoms with Gasteiger partial charge in [-0.2, -0.15) is 0 Å². The Morgan fingerprint density at radius 2 is 0.864 bits per heavy atom. The second-order valence-corrected chi connectivity index (χ2v) is 5.40. The molecule has 22 heavy (non-hydrogen) atoms. The van der Waals surface area contributed by atoms with Gasteiger partial charge in [0.05, 0.1) is 35.8 Å². The van der Waals surface area contributed by atoms with Gasteiger partial charge in [0, 0.05) is 21.5 Å². The number of fused-ring (bicyclic) bond motifs is 11. The molecule has 0 atom stereocenters. The summed E-state index contributed by atoms with van der Waals surface area (Å²) in [4.78, 5) is 0. The SMILES string of the molecule is c1cc2c(o1)c1ccoc1c1c3occc3c3ccoc3c21. The summed E-state index contributed by atoms with van der Waals surface area (Å²) in [6.45, 7) is 0. The second-order valence-electron chi connectivity index (χ2n) is 5.40. The Bertz CT molecular complexity index is 1120. The van der Waals surface area contributed by atoms with Gasteiger partial charge in [-0.3, -0.25) is 0 Å². The molecular weight excluding hydrogens is 280 g/mol. The Morgan fingerprint density at radius 3 is 1.55 bits per heavy atom. The molecule has 0 radical (unpaired) electrons. The van der Waals surface area contributed by atoms with Crippen LogP contribution in [-0.2, 0) is 0 Å². The van der Waals surface area contributed by atoms with Gasteiger partial charge in [0.1, 0.15) is 22.3 Å². The molecular formula is C18H8O4. The Morgan fingerprint density at radius 1 is 0.409 bits per heavy atom. The molecule has 0 aliphatic carbocycles. The van der Waals surface area contributed by atoms with E-state index in [0.29, 0.717) is 0 Å². The van der Waals surface area contributed by atoms with Crippen LogP contribution in [0.5, 0.6) is 0 Å². The first-order valence-corrected chi connectivity index (χ1v) is 7.00. The smallest absolute Gasteiger partial charge is 0.149 e. The summed E-state index contributed by atoms with van der Waals surface area (Å²) in [6, 6.07) is 7.80. The van der Waals surface area contributed by atoms with Gasteiger partial charge in [-0.25, -0.2) is 0 Å². The van der Waals surface area contributed by atoms with Crippen molar-refractivity contribution in [1.29, 1.82) is 0 Å². The van der Waals surface area contributed by atoms with Crippen LogP contribution < -0.4 is 0 Å². The molecule has 0 saturated carbocycles. The lowest BCUT2D eigenvalue weighted by molar-refractivity contribution is 0.607. The fourth-order valence-corrected chi connectivity index (χ4v) is 3.53. The van der Waals surface area contributed by atoms with Gasteiger partial charge in [-0.05, 0) is 24.3 Å². The lowest BCUT2D eigenvalue weighted by atomic mass is 9.99. The highest BCUT2D eigenvalue weighted by Crippen LogP contribution is 2.44. The minimum absolute atomic E-state index is 0.760. The third-order valence-electron chi connectivity index (χ3n) is 4.40. The zero-order valence-corrected chi connectivity index (χ0v) is 11.3. The Labute approximate surface area is 122 Å². The summed E-state index contributed by atoms with van der Waals surface area (Å²) < 4.78 is 23.0. The maximum atomic E-state index is 5.79. The molecule has 4 heterocycles. The third-order valence-corrected chi connectivity index (χ3v) is 4.40. The van der Waals surface area contributed by atoms with Crippen molar-refractivity contribution in [2.45, 2.75) is 0 Å². The molecule has 0 saturated heterocycles. The first-order chi connectivity index (χ1) is 10.9. The fraction of sp³-hybridized carbons (Fsp3) is 0. The topological polar surface area (TPSA) is 52.6 Å². The quantitative estimate of drug-likeness (QED) is 0.353. The highest BCUT2D eigenvalue weighted by atomic mass is 16.3. The van der Waals surface area contributed by atoms with Crippen LogP contribution >= 0.6 is 0 Å². The Kier molecular flexibility index (Phi) is 1.61. The van der Waals surface area contributed by atoms with Crippen molar-refractivity contribution in [2.24, 2.45) is 0 Å². The zero-order chi connectivity index (χ0) is 14.3. The monoisotopic (exact) mass is 288 g/mol. The average Bonchev–Trinajstić information content (AvgIpc) is 3.28. The number of hydrogen-bond acceptors (Lipinski definition) is 4. The summed E-state index contributed by atoms with van der Waals surface area (Å²) in [5.74, 6) is 0. The minimum Gasteiger partial charge on any atom is -0.464 e. The zero-order valence-electron chi connectivity index (χ0n) is 11.3. The predicted molar refractivity (Wildman–Crippen MR) is 83.0 cm³/mol. The average molecular weight is 288 g/mol. The van der Waals surface area contributed by atoms with E-state index in [4.69, 9.17) is 17.7 Å². The summed E-state index contributed by atoms with van der Waals surface area (Å²) in [6.07, 6.45) is 6.77. The van der Waals surface area contributed by atoms with E-state index in [9.17, 15) is 0 Å². The van der Waals surface area contributed by atoms with Gasteiger partial charge in [-0.1, -0.05) is 0 Å². The van der Waals surface area contributed by atoms with Gasteiger partial charge in [-0.15, -0.1) is 0 Å². The molecule has 4 nitrogen and oxygen atoms in total. The van der Waals surface area contributed by atoms with Crippen LogP contribution in [0.3, 0.4) is 0 Å². The maximum absolute atomic E-state index is 5.79. The number of benzene rings is 2. The van der Waals surface area contributed by atoms with E-state index in [1.807, 2.05) is 24.3 Å². The molecule has 104 valence electrons. The predicted octanol–water partition coefficient (Wildman–Crippen LogP) is 5.82. The summed E-state index contributed by atoms with van der Waals surface area (Å²) in [5, 5.41) is 5.89. The standard InChI is InChI=1S/C18H8O4/c1-5-20-16-9(1)10-2-6-21-17(10)14-13(16)11-3-7-19-15(11)12-4-8-22-18(12)14/h1-8H. The maximum Gasteiger partial charge on any atom is 0.149 e. The number of furan rings is 4. The van der Waals surface area contributed by atoms with Crippen LogP contribution in [0.15, 0.2) is 67.0 Å². The molecule has 0 fully saturated rings. The van der Waals surface area contributed by atoms with Crippen LogP contribution in [-0.4, -0.2) is 0 Å². The first-order valence-electron chi connectivity index (χ1n) is 7.00. The highest BCUT2D eigenvalue weighted by molar-refractivity contribution is 6.35. The Balaban J connectivity index is 2.19. The minimum atomic E-state index is 0.760. The first kappa shape index (κ1) is 10.6. The van der Waals surface area contributed by atoms with Crippen LogP contribution in [0, 0.1) is 0 Å². The van der Waals surface area contributed by atoms with E-state index in [1.54, 1.807) is 25.1 Å². The number of rotatable bonds is 0. The molecule has 6 rings (SSSR count). The van der Waals surface area contributed by atoms with Gasteiger partial charge >= 0.3 is 0 Å². The van der Waals surface area contributed by atoms with E-state index >= 15 is 0 Å². The van der Waals surface area contributed by atoms with Crippen molar-refractivity contribution in [3.8, 4) is 0 Å². The largest absolute Gasteiger partial charge is 0.464 e. The second kappa shape index (κ2) is 3.36. The normalized spacial score (nSPS) is 12.5. The van der Waals surface area contributed by atoms with Gasteiger partial charge < -0.3 is 17.7 Å². The lowest BCUT2D eigenvalue weighted by Gasteiger charge is -2.04. The molecule has 6 aromatic rings. The van der Waals surface area contributed by atoms with E-state index < -0.39 is 0 Å². The molecule has 0 aliphatic rings. The van der Waals surface area contributed by atoms with E-state index in [0.717, 1.165) is 54.6 Å². The summed E-state index contributed by atoms with van der Waals surface area (Å²) in [7, 11) is 0. The van der Waals surface area contributed by atoms with Crippen LogP contribution in [0.2, 0.25) is 0 Å². The molecule has 2 aromatic carbocycles. The van der Waals surface area contributed by atoms with Crippen molar-refractivity contribution in [3.63, 3.8) is 0 Å². The lowest BCUT2D eigenvalue weighted by Crippen LogP contribution is -1.80. The summed E-state index contributed by atoms with van der Waals surface area (Å²) in [5.41, 5.74) is 3.20. The van der Waals surface area contributed by atoms with Crippen LogP contribution in [0.1, 0.15) is 0 Å². The molecule has 0 N–H and O–H groups in total. The fourth-order valence-electron chi connectivity index (χ4n) is 3.53. The van der Waals surface area contributed by atoms with Crippen LogP contribution in [0.4, 0.5) is 0 Å². The molecule has 0 aliphatic heterocycles. The molecule has 4 heteroatoms. The van der Waals surface area contributed by atoms with Crippen molar-refractivity contribution < 1.29 is 17.7 Å². The van der Waals surface area contributed by atoms with Crippen LogP contribution in [0.25, 0.3) is 54.6 Å². The number of hydrogen-bond donors (Lipinski definition) is 0. The van der Waals surface area contributed by atoms with E-state index in [1.165, 1.54) is 0 Å².